The quantitative estimate of drug-likeness (QED) is 0.857. The van der Waals surface area contributed by atoms with Crippen LogP contribution in [-0.4, -0.2) is 49.4 Å². The monoisotopic (exact) mass is 324 g/mol. The summed E-state index contributed by atoms with van der Waals surface area (Å²) in [5.74, 6) is 0.0608. The number of quaternary nitrogens is 1. The van der Waals surface area contributed by atoms with Crippen LogP contribution in [-0.2, 0) is 9.59 Å². The Morgan fingerprint density at radius 1 is 1.27 bits per heavy atom. The zero-order valence-electron chi connectivity index (χ0n) is 13.3. The maximum atomic E-state index is 12.2. The lowest BCUT2D eigenvalue weighted by atomic mass is 10.1. The van der Waals surface area contributed by atoms with Gasteiger partial charge in [-0.2, -0.15) is 0 Å². The molecule has 1 saturated heterocycles. The summed E-state index contributed by atoms with van der Waals surface area (Å²) in [5.41, 5.74) is 2.74. The molecule has 2 N–H and O–H groups in total. The van der Waals surface area contributed by atoms with Gasteiger partial charge in [0.25, 0.3) is 5.91 Å². The predicted molar refractivity (Wildman–Crippen MR) is 87.4 cm³/mol. The van der Waals surface area contributed by atoms with E-state index in [0.29, 0.717) is 30.3 Å². The van der Waals surface area contributed by atoms with Gasteiger partial charge in [-0.25, -0.2) is 0 Å². The molecule has 0 saturated carbocycles. The average molecular weight is 325 g/mol. The Labute approximate surface area is 136 Å². The molecule has 0 aromatic heterocycles. The summed E-state index contributed by atoms with van der Waals surface area (Å²) in [7, 11) is 0. The van der Waals surface area contributed by atoms with Crippen molar-refractivity contribution < 1.29 is 14.5 Å². The van der Waals surface area contributed by atoms with Crippen LogP contribution in [0.2, 0.25) is 5.02 Å². The standard InChI is InChI=1S/C16H22ClN3O2/c1-11-8-12(2)16(14(17)9-11)18-15(22)10-19-4-6-20(7-5-19)13(3)21/h8-9H,4-7,10H2,1-3H3,(H,18,22)/p+1. The molecule has 0 aliphatic carbocycles. The van der Waals surface area contributed by atoms with Crippen LogP contribution in [0.1, 0.15) is 18.1 Å². The van der Waals surface area contributed by atoms with E-state index in [4.69, 9.17) is 11.6 Å². The van der Waals surface area contributed by atoms with Crippen molar-refractivity contribution in [1.29, 1.82) is 0 Å². The van der Waals surface area contributed by atoms with Gasteiger partial charge in [-0.1, -0.05) is 17.7 Å². The number of amides is 2. The molecule has 6 heteroatoms. The van der Waals surface area contributed by atoms with E-state index in [0.717, 1.165) is 24.2 Å². The van der Waals surface area contributed by atoms with Gasteiger partial charge in [0.1, 0.15) is 0 Å². The van der Waals surface area contributed by atoms with Gasteiger partial charge in [0.2, 0.25) is 5.91 Å². The summed E-state index contributed by atoms with van der Waals surface area (Å²) in [6.45, 7) is 8.91. The summed E-state index contributed by atoms with van der Waals surface area (Å²) < 4.78 is 0. The van der Waals surface area contributed by atoms with Crippen LogP contribution in [0.25, 0.3) is 0 Å². The molecule has 2 rings (SSSR count). The van der Waals surface area contributed by atoms with E-state index in [9.17, 15) is 9.59 Å². The first-order chi connectivity index (χ1) is 10.4. The Morgan fingerprint density at radius 2 is 1.91 bits per heavy atom. The number of nitrogens with zero attached hydrogens (tertiary/aromatic N) is 1. The molecule has 0 bridgehead atoms. The molecule has 120 valence electrons. The van der Waals surface area contributed by atoms with Crippen LogP contribution in [0.4, 0.5) is 5.69 Å². The second-order valence-electron chi connectivity index (χ2n) is 5.92. The Hall–Kier alpha value is -1.59. The minimum atomic E-state index is -0.0415. The first kappa shape index (κ1) is 16.8. The van der Waals surface area contributed by atoms with E-state index in [-0.39, 0.29) is 11.8 Å². The van der Waals surface area contributed by atoms with E-state index in [1.807, 2.05) is 30.9 Å². The van der Waals surface area contributed by atoms with Crippen molar-refractivity contribution in [2.75, 3.05) is 38.0 Å². The summed E-state index contributed by atoms with van der Waals surface area (Å²) in [4.78, 5) is 26.5. The number of hydrogen-bond donors (Lipinski definition) is 2. The molecule has 1 aliphatic heterocycles. The zero-order chi connectivity index (χ0) is 16.3. The molecule has 1 aromatic rings. The van der Waals surface area contributed by atoms with Crippen molar-refractivity contribution in [1.82, 2.24) is 4.90 Å². The number of aryl methyl sites for hydroxylation is 2. The number of nitrogens with one attached hydrogen (secondary N) is 2. The minimum Gasteiger partial charge on any atom is -0.332 e. The fourth-order valence-electron chi connectivity index (χ4n) is 2.80. The lowest BCUT2D eigenvalue weighted by Gasteiger charge is -2.31. The summed E-state index contributed by atoms with van der Waals surface area (Å²) in [5, 5.41) is 3.49. The molecular weight excluding hydrogens is 302 g/mol. The van der Waals surface area contributed by atoms with E-state index in [1.54, 1.807) is 6.92 Å². The van der Waals surface area contributed by atoms with Crippen molar-refractivity contribution >= 4 is 29.1 Å². The van der Waals surface area contributed by atoms with Crippen LogP contribution < -0.4 is 10.2 Å². The third-order valence-corrected chi connectivity index (χ3v) is 4.32. The highest BCUT2D eigenvalue weighted by Crippen LogP contribution is 2.27. The van der Waals surface area contributed by atoms with Gasteiger partial charge in [0.05, 0.1) is 36.9 Å². The van der Waals surface area contributed by atoms with Gasteiger partial charge in [0.15, 0.2) is 6.54 Å². The molecule has 0 unspecified atom stereocenters. The summed E-state index contributed by atoms with van der Waals surface area (Å²) in [6, 6.07) is 3.85. The van der Waals surface area contributed by atoms with Crippen molar-refractivity contribution in [3.63, 3.8) is 0 Å². The number of piperazine rings is 1. The third kappa shape index (κ3) is 4.21. The Kier molecular flexibility index (Phi) is 5.42. The number of anilines is 1. The van der Waals surface area contributed by atoms with Crippen LogP contribution in [0.15, 0.2) is 12.1 Å². The highest BCUT2D eigenvalue weighted by Gasteiger charge is 2.23. The van der Waals surface area contributed by atoms with E-state index < -0.39 is 0 Å². The maximum absolute atomic E-state index is 12.2. The molecule has 0 atom stereocenters. The fraction of sp³-hybridized carbons (Fsp3) is 0.500. The van der Waals surface area contributed by atoms with Crippen molar-refractivity contribution in [2.45, 2.75) is 20.8 Å². The molecule has 1 aromatic carbocycles. The van der Waals surface area contributed by atoms with Crippen LogP contribution >= 0.6 is 11.6 Å². The summed E-state index contributed by atoms with van der Waals surface area (Å²) in [6.07, 6.45) is 0. The van der Waals surface area contributed by atoms with Crippen LogP contribution in [0.5, 0.6) is 0 Å². The second-order valence-corrected chi connectivity index (χ2v) is 6.33. The lowest BCUT2D eigenvalue weighted by Crippen LogP contribution is -3.15. The van der Waals surface area contributed by atoms with Crippen molar-refractivity contribution in [3.05, 3.63) is 28.3 Å². The van der Waals surface area contributed by atoms with Gasteiger partial charge in [-0.05, 0) is 31.0 Å². The molecule has 0 spiro atoms. The van der Waals surface area contributed by atoms with Gasteiger partial charge >= 0.3 is 0 Å². The number of rotatable bonds is 3. The Morgan fingerprint density at radius 3 is 2.45 bits per heavy atom. The Bertz CT molecular complexity index is 558. The number of halogens is 1. The van der Waals surface area contributed by atoms with E-state index in [2.05, 4.69) is 5.32 Å². The van der Waals surface area contributed by atoms with Gasteiger partial charge < -0.3 is 15.1 Å². The number of carbonyl (C=O) groups is 2. The maximum Gasteiger partial charge on any atom is 0.279 e. The van der Waals surface area contributed by atoms with Crippen LogP contribution in [0.3, 0.4) is 0 Å². The number of hydrogen-bond acceptors (Lipinski definition) is 2. The van der Waals surface area contributed by atoms with Gasteiger partial charge in [0, 0.05) is 6.92 Å². The fourth-order valence-corrected chi connectivity index (χ4v) is 3.17. The van der Waals surface area contributed by atoms with Crippen molar-refractivity contribution in [2.24, 2.45) is 0 Å². The Balaban J connectivity index is 1.90. The molecule has 22 heavy (non-hydrogen) atoms. The summed E-state index contributed by atoms with van der Waals surface area (Å²) >= 11 is 6.21. The van der Waals surface area contributed by atoms with Crippen LogP contribution in [0, 0.1) is 13.8 Å². The molecule has 5 nitrogen and oxygen atoms in total. The highest BCUT2D eigenvalue weighted by molar-refractivity contribution is 6.34. The zero-order valence-corrected chi connectivity index (χ0v) is 14.1. The molecule has 1 aliphatic rings. The SMILES string of the molecule is CC(=O)N1CC[NH+](CC(=O)Nc2c(C)cc(C)cc2Cl)CC1. The normalized spacial score (nSPS) is 15.7. The predicted octanol–water partition coefficient (Wildman–Crippen LogP) is 0.642. The number of carbonyl (C=O) groups excluding carboxylic acids is 2. The van der Waals surface area contributed by atoms with Crippen molar-refractivity contribution in [3.8, 4) is 0 Å². The minimum absolute atomic E-state index is 0.0415. The third-order valence-electron chi connectivity index (χ3n) is 4.02. The molecule has 1 fully saturated rings. The second kappa shape index (κ2) is 7.11. The smallest absolute Gasteiger partial charge is 0.279 e. The topological polar surface area (TPSA) is 53.9 Å². The molecular formula is C16H23ClN3O2+. The lowest BCUT2D eigenvalue weighted by molar-refractivity contribution is -0.895. The highest BCUT2D eigenvalue weighted by atomic mass is 35.5. The first-order valence-corrected chi connectivity index (χ1v) is 7.90. The largest absolute Gasteiger partial charge is 0.332 e. The molecule has 0 radical (unpaired) electrons. The van der Waals surface area contributed by atoms with Gasteiger partial charge in [-0.15, -0.1) is 0 Å². The first-order valence-electron chi connectivity index (χ1n) is 7.52. The average Bonchev–Trinajstić information content (AvgIpc) is 2.43. The van der Waals surface area contributed by atoms with E-state index in [1.165, 1.54) is 4.90 Å². The molecule has 1 heterocycles. The molecule has 2 amide bonds. The number of benzene rings is 1. The van der Waals surface area contributed by atoms with Gasteiger partial charge in [-0.3, -0.25) is 9.59 Å². The van der Waals surface area contributed by atoms with E-state index >= 15 is 0 Å².